The number of hydrogen-bond donors (Lipinski definition) is 0. The zero-order valence-electron chi connectivity index (χ0n) is 12.5. The van der Waals surface area contributed by atoms with Gasteiger partial charge in [-0.05, 0) is 43.2 Å². The first-order chi connectivity index (χ1) is 9.39. The maximum absolute atomic E-state index is 6.23. The van der Waals surface area contributed by atoms with E-state index in [1.165, 1.54) is 0 Å². The molecule has 1 aliphatic rings. The molecule has 1 aliphatic heterocycles. The lowest BCUT2D eigenvalue weighted by atomic mass is 9.55. The van der Waals surface area contributed by atoms with E-state index < -0.39 is 0 Å². The van der Waals surface area contributed by atoms with Crippen molar-refractivity contribution in [3.05, 3.63) is 36.9 Å². The molecule has 0 saturated carbocycles. The Morgan fingerprint density at radius 3 is 2.65 bits per heavy atom. The molecule has 20 heavy (non-hydrogen) atoms. The molecular weight excluding hydrogens is 249 g/mol. The summed E-state index contributed by atoms with van der Waals surface area (Å²) in [5, 5.41) is 4.42. The Morgan fingerprint density at radius 1 is 1.25 bits per heavy atom. The second kappa shape index (κ2) is 4.45. The van der Waals surface area contributed by atoms with Crippen molar-refractivity contribution in [1.82, 2.24) is 14.8 Å². The maximum Gasteiger partial charge on any atom is 0.331 e. The second-order valence-electron chi connectivity index (χ2n) is 6.63. The fourth-order valence-electron chi connectivity index (χ4n) is 2.59. The van der Waals surface area contributed by atoms with Crippen molar-refractivity contribution in [2.75, 3.05) is 0 Å². The maximum atomic E-state index is 6.23. The van der Waals surface area contributed by atoms with Crippen LogP contribution in [0.15, 0.2) is 36.9 Å². The summed E-state index contributed by atoms with van der Waals surface area (Å²) in [5.74, 6) is 0. The van der Waals surface area contributed by atoms with E-state index in [1.807, 2.05) is 29.2 Å². The first kappa shape index (κ1) is 13.4. The molecule has 3 heterocycles. The van der Waals surface area contributed by atoms with Crippen LogP contribution >= 0.6 is 0 Å². The van der Waals surface area contributed by atoms with Gasteiger partial charge >= 0.3 is 6.92 Å². The summed E-state index contributed by atoms with van der Waals surface area (Å²) < 4.78 is 8.08. The minimum Gasteiger partial charge on any atom is -0.425 e. The Kier molecular flexibility index (Phi) is 2.98. The number of pyridine rings is 1. The van der Waals surface area contributed by atoms with Crippen molar-refractivity contribution in [3.63, 3.8) is 0 Å². The van der Waals surface area contributed by atoms with Gasteiger partial charge in [-0.2, -0.15) is 5.10 Å². The first-order valence-corrected chi connectivity index (χ1v) is 7.02. The highest BCUT2D eigenvalue weighted by Gasteiger charge is 2.50. The molecule has 104 valence electrons. The summed E-state index contributed by atoms with van der Waals surface area (Å²) in [6, 6.07) is 3.90. The summed E-state index contributed by atoms with van der Waals surface area (Å²) >= 11 is 0. The van der Waals surface area contributed by atoms with Crippen molar-refractivity contribution < 1.29 is 4.65 Å². The summed E-state index contributed by atoms with van der Waals surface area (Å²) in [6.45, 7) is 8.97. The van der Waals surface area contributed by atoms with Crippen molar-refractivity contribution in [3.8, 4) is 5.69 Å². The van der Waals surface area contributed by atoms with Gasteiger partial charge in [-0.25, -0.2) is 4.68 Å². The minimum atomic E-state index is -0.117. The molecule has 2 aromatic heterocycles. The lowest BCUT2D eigenvalue weighted by Crippen LogP contribution is -2.35. The van der Waals surface area contributed by atoms with Crippen LogP contribution in [0.2, 0.25) is 6.32 Å². The summed E-state index contributed by atoms with van der Waals surface area (Å²) in [7, 11) is 0. The van der Waals surface area contributed by atoms with Crippen molar-refractivity contribution in [2.45, 2.75) is 39.6 Å². The third-order valence-corrected chi connectivity index (χ3v) is 4.65. The molecule has 0 N–H and O–H groups in total. The molecule has 0 atom stereocenters. The molecule has 2 aromatic rings. The molecule has 5 heteroatoms. The highest BCUT2D eigenvalue weighted by Crippen LogP contribution is 2.44. The van der Waals surface area contributed by atoms with E-state index in [-0.39, 0.29) is 17.9 Å². The number of hydrogen-bond acceptors (Lipinski definition) is 3. The van der Waals surface area contributed by atoms with E-state index in [2.05, 4.69) is 37.8 Å². The molecule has 1 fully saturated rings. The van der Waals surface area contributed by atoms with Crippen molar-refractivity contribution in [1.29, 1.82) is 0 Å². The number of aromatic nitrogens is 3. The van der Waals surface area contributed by atoms with Crippen LogP contribution in [0, 0.1) is 5.41 Å². The summed E-state index contributed by atoms with van der Waals surface area (Å²) in [4.78, 5) is 4.12. The van der Waals surface area contributed by atoms with Crippen LogP contribution in [0.25, 0.3) is 5.69 Å². The van der Waals surface area contributed by atoms with Gasteiger partial charge in [0.05, 0.1) is 17.5 Å². The average molecular weight is 269 g/mol. The zero-order valence-corrected chi connectivity index (χ0v) is 12.5. The molecular formula is C15H20BN3O. The largest absolute Gasteiger partial charge is 0.425 e. The highest BCUT2D eigenvalue weighted by atomic mass is 16.5. The van der Waals surface area contributed by atoms with Crippen molar-refractivity contribution in [2.24, 2.45) is 5.41 Å². The molecule has 0 aromatic carbocycles. The second-order valence-corrected chi connectivity index (χ2v) is 6.63. The third kappa shape index (κ3) is 2.16. The lowest BCUT2D eigenvalue weighted by Gasteiger charge is -2.34. The van der Waals surface area contributed by atoms with E-state index in [0.29, 0.717) is 0 Å². The molecule has 0 amide bonds. The molecule has 4 nitrogen and oxygen atoms in total. The fourth-order valence-corrected chi connectivity index (χ4v) is 2.59. The number of rotatable bonds is 2. The summed E-state index contributed by atoms with van der Waals surface area (Å²) in [6.07, 6.45) is 8.52. The van der Waals surface area contributed by atoms with Crippen LogP contribution in [-0.2, 0) is 4.65 Å². The van der Waals surface area contributed by atoms with Gasteiger partial charge < -0.3 is 4.65 Å². The van der Waals surface area contributed by atoms with Gasteiger partial charge in [-0.3, -0.25) is 4.98 Å². The van der Waals surface area contributed by atoms with E-state index in [0.717, 1.165) is 17.5 Å². The fraction of sp³-hybridized carbons (Fsp3) is 0.467. The Hall–Kier alpha value is -1.62. The minimum absolute atomic E-state index is 0.116. The Labute approximate surface area is 120 Å². The zero-order chi connectivity index (χ0) is 14.4. The molecule has 0 radical (unpaired) electrons. The summed E-state index contributed by atoms with van der Waals surface area (Å²) in [5.41, 5.74) is 2.14. The smallest absolute Gasteiger partial charge is 0.331 e. The third-order valence-electron chi connectivity index (χ3n) is 4.65. The Balaban J connectivity index is 1.86. The SMILES string of the molecule is CC1(C)CB(c2cnn(-c3cccnc3)c2)OC1(C)C. The molecule has 0 aliphatic carbocycles. The van der Waals surface area contributed by atoms with Gasteiger partial charge in [0.15, 0.2) is 0 Å². The van der Waals surface area contributed by atoms with Gasteiger partial charge in [0.1, 0.15) is 0 Å². The highest BCUT2D eigenvalue weighted by molar-refractivity contribution is 6.68. The molecule has 0 unspecified atom stereocenters. The van der Waals surface area contributed by atoms with Crippen molar-refractivity contribution >= 4 is 12.4 Å². The topological polar surface area (TPSA) is 39.9 Å². The van der Waals surface area contributed by atoms with Crippen LogP contribution in [-0.4, -0.2) is 27.3 Å². The van der Waals surface area contributed by atoms with Gasteiger partial charge in [-0.15, -0.1) is 0 Å². The van der Waals surface area contributed by atoms with E-state index in [4.69, 9.17) is 4.65 Å². The van der Waals surface area contributed by atoms with E-state index in [1.54, 1.807) is 12.4 Å². The van der Waals surface area contributed by atoms with Gasteiger partial charge in [-0.1, -0.05) is 13.8 Å². The molecule has 0 bridgehead atoms. The predicted octanol–water partition coefficient (Wildman–Crippen LogP) is 2.30. The van der Waals surface area contributed by atoms with Crippen LogP contribution in [0.1, 0.15) is 27.7 Å². The lowest BCUT2D eigenvalue weighted by molar-refractivity contribution is 0.0375. The average Bonchev–Trinajstić information content (AvgIpc) is 2.94. The Morgan fingerprint density at radius 2 is 2.05 bits per heavy atom. The predicted molar refractivity (Wildman–Crippen MR) is 80.5 cm³/mol. The number of nitrogens with zero attached hydrogens (tertiary/aromatic N) is 3. The van der Waals surface area contributed by atoms with Crippen LogP contribution in [0.3, 0.4) is 0 Å². The molecule has 3 rings (SSSR count). The quantitative estimate of drug-likeness (QED) is 0.785. The van der Waals surface area contributed by atoms with Crippen LogP contribution < -0.4 is 5.46 Å². The van der Waals surface area contributed by atoms with E-state index in [9.17, 15) is 0 Å². The van der Waals surface area contributed by atoms with Gasteiger partial charge in [0, 0.05) is 18.6 Å². The molecule has 1 saturated heterocycles. The molecule has 0 spiro atoms. The van der Waals surface area contributed by atoms with Crippen LogP contribution in [0.4, 0.5) is 0 Å². The van der Waals surface area contributed by atoms with Crippen LogP contribution in [0.5, 0.6) is 0 Å². The standard InChI is InChI=1S/C15H20BN3O/c1-14(2)11-16(20-15(14,3)4)12-8-18-19(10-12)13-6-5-7-17-9-13/h5-10H,11H2,1-4H3. The van der Waals surface area contributed by atoms with Gasteiger partial charge in [0.2, 0.25) is 0 Å². The van der Waals surface area contributed by atoms with E-state index >= 15 is 0 Å². The van der Waals surface area contributed by atoms with Gasteiger partial charge in [0.25, 0.3) is 0 Å². The normalized spacial score (nSPS) is 20.3. The first-order valence-electron chi connectivity index (χ1n) is 7.02. The monoisotopic (exact) mass is 269 g/mol. The Bertz CT molecular complexity index is 591.